The van der Waals surface area contributed by atoms with E-state index in [-0.39, 0.29) is 5.78 Å². The molecule has 1 aromatic heterocycles. The molecule has 0 saturated carbocycles. The number of hydrogen-bond acceptors (Lipinski definition) is 3. The molecule has 0 radical (unpaired) electrons. The summed E-state index contributed by atoms with van der Waals surface area (Å²) >= 11 is 3.47. The van der Waals surface area contributed by atoms with Gasteiger partial charge in [-0.15, -0.1) is 0 Å². The summed E-state index contributed by atoms with van der Waals surface area (Å²) < 4.78 is 6.33. The van der Waals surface area contributed by atoms with Gasteiger partial charge in [0.1, 0.15) is 13.4 Å². The quantitative estimate of drug-likeness (QED) is 0.467. The molecule has 5 heteroatoms. The average molecular weight is 312 g/mol. The standard InChI is InChI=1S/C14H7BBrNO2/c15-8-5-9(16)12-11-10(8)13(18)6-3-1-2-4-7(6)14(11)19-17-12/h1-5H,15H2. The van der Waals surface area contributed by atoms with E-state index in [1.54, 1.807) is 0 Å². The normalized spacial score (nSPS) is 12.8. The summed E-state index contributed by atoms with van der Waals surface area (Å²) in [6, 6.07) is 9.40. The molecule has 3 nitrogen and oxygen atoms in total. The van der Waals surface area contributed by atoms with Crippen molar-refractivity contribution >= 4 is 45.9 Å². The molecule has 0 atom stereocenters. The molecule has 4 rings (SSSR count). The minimum absolute atomic E-state index is 0.0429. The predicted octanol–water partition coefficient (Wildman–Crippen LogP) is 2.06. The first-order valence-electron chi connectivity index (χ1n) is 5.91. The molecule has 0 saturated heterocycles. The van der Waals surface area contributed by atoms with Crippen LogP contribution in [0.25, 0.3) is 22.2 Å². The van der Waals surface area contributed by atoms with E-state index < -0.39 is 0 Å². The highest BCUT2D eigenvalue weighted by atomic mass is 79.9. The SMILES string of the molecule is Bc1cc(Br)c2noc3c2c1C(=O)c1ccccc1-3. The number of ketones is 1. The van der Waals surface area contributed by atoms with Crippen molar-refractivity contribution in [3.05, 3.63) is 45.9 Å². The summed E-state index contributed by atoms with van der Waals surface area (Å²) in [5, 5.41) is 4.91. The van der Waals surface area contributed by atoms with Crippen molar-refractivity contribution in [1.82, 2.24) is 5.16 Å². The second kappa shape index (κ2) is 3.57. The van der Waals surface area contributed by atoms with Crippen LogP contribution in [-0.2, 0) is 0 Å². The van der Waals surface area contributed by atoms with Gasteiger partial charge in [-0.2, -0.15) is 0 Å². The zero-order chi connectivity index (χ0) is 13.1. The van der Waals surface area contributed by atoms with Crippen molar-refractivity contribution in [1.29, 1.82) is 0 Å². The first kappa shape index (κ1) is 11.0. The molecule has 0 aliphatic heterocycles. The number of fused-ring (bicyclic) bond motifs is 2. The van der Waals surface area contributed by atoms with Crippen LogP contribution < -0.4 is 5.46 Å². The van der Waals surface area contributed by atoms with Crippen molar-refractivity contribution in [3.8, 4) is 11.3 Å². The van der Waals surface area contributed by atoms with Crippen molar-refractivity contribution in [2.24, 2.45) is 0 Å². The zero-order valence-corrected chi connectivity index (χ0v) is 11.6. The zero-order valence-electron chi connectivity index (χ0n) is 10.0. The Balaban J connectivity index is 2.28. The largest absolute Gasteiger partial charge is 0.355 e. The maximum absolute atomic E-state index is 12.6. The molecule has 0 bridgehead atoms. The molecular weight excluding hydrogens is 305 g/mol. The summed E-state index contributed by atoms with van der Waals surface area (Å²) in [5.74, 6) is 0.728. The van der Waals surface area contributed by atoms with Gasteiger partial charge < -0.3 is 4.52 Å². The Morgan fingerprint density at radius 1 is 1.21 bits per heavy atom. The Bertz CT molecular complexity index is 869. The van der Waals surface area contributed by atoms with E-state index in [9.17, 15) is 4.79 Å². The van der Waals surface area contributed by atoms with Crippen LogP contribution >= 0.6 is 15.9 Å². The molecule has 19 heavy (non-hydrogen) atoms. The van der Waals surface area contributed by atoms with Crippen LogP contribution in [0.2, 0.25) is 0 Å². The number of halogens is 1. The molecule has 1 aliphatic rings. The Labute approximate surface area is 118 Å². The maximum Gasteiger partial charge on any atom is 0.194 e. The second-order valence-corrected chi connectivity index (χ2v) is 5.51. The molecule has 0 amide bonds. The van der Waals surface area contributed by atoms with E-state index in [1.165, 1.54) is 0 Å². The molecule has 0 fully saturated rings. The van der Waals surface area contributed by atoms with Gasteiger partial charge in [-0.3, -0.25) is 4.79 Å². The maximum atomic E-state index is 12.6. The molecule has 0 unspecified atom stereocenters. The number of aromatic nitrogens is 1. The fourth-order valence-electron chi connectivity index (χ4n) is 2.70. The van der Waals surface area contributed by atoms with Crippen molar-refractivity contribution in [2.75, 3.05) is 0 Å². The van der Waals surface area contributed by atoms with Gasteiger partial charge in [0.05, 0.1) is 5.39 Å². The highest BCUT2D eigenvalue weighted by molar-refractivity contribution is 9.10. The Morgan fingerprint density at radius 3 is 2.74 bits per heavy atom. The van der Waals surface area contributed by atoms with Gasteiger partial charge in [-0.1, -0.05) is 41.0 Å². The summed E-state index contributed by atoms with van der Waals surface area (Å²) in [6.45, 7) is 0. The first-order chi connectivity index (χ1) is 9.18. The van der Waals surface area contributed by atoms with Crippen LogP contribution in [-0.4, -0.2) is 18.8 Å². The Kier molecular flexibility index (Phi) is 2.07. The van der Waals surface area contributed by atoms with Crippen molar-refractivity contribution < 1.29 is 9.32 Å². The fraction of sp³-hybridized carbons (Fsp3) is 0. The highest BCUT2D eigenvalue weighted by Gasteiger charge is 2.30. The third kappa shape index (κ3) is 1.28. The molecule has 0 spiro atoms. The topological polar surface area (TPSA) is 43.1 Å². The van der Waals surface area contributed by atoms with Crippen molar-refractivity contribution in [3.63, 3.8) is 0 Å². The number of hydrogen-bond donors (Lipinski definition) is 0. The van der Waals surface area contributed by atoms with E-state index in [4.69, 9.17) is 4.52 Å². The van der Waals surface area contributed by atoms with E-state index in [2.05, 4.69) is 21.1 Å². The number of nitrogens with zero attached hydrogens (tertiary/aromatic N) is 1. The third-order valence-corrected chi connectivity index (χ3v) is 4.15. The number of rotatable bonds is 0. The molecule has 1 aliphatic carbocycles. The van der Waals surface area contributed by atoms with Gasteiger partial charge in [-0.25, -0.2) is 0 Å². The molecule has 2 aromatic carbocycles. The van der Waals surface area contributed by atoms with E-state index >= 15 is 0 Å². The lowest BCUT2D eigenvalue weighted by Crippen LogP contribution is -2.20. The minimum Gasteiger partial charge on any atom is -0.355 e. The fourth-order valence-corrected chi connectivity index (χ4v) is 3.32. The van der Waals surface area contributed by atoms with Gasteiger partial charge in [0.25, 0.3) is 0 Å². The monoisotopic (exact) mass is 311 g/mol. The Hall–Kier alpha value is -1.88. The van der Waals surface area contributed by atoms with Crippen LogP contribution in [0.5, 0.6) is 0 Å². The molecular formula is C14H7BBrNO2. The van der Waals surface area contributed by atoms with Gasteiger partial charge in [0.2, 0.25) is 0 Å². The lowest BCUT2D eigenvalue weighted by atomic mass is 9.80. The van der Waals surface area contributed by atoms with Crippen molar-refractivity contribution in [2.45, 2.75) is 0 Å². The number of carbonyl (C=O) groups is 1. The van der Waals surface area contributed by atoms with Crippen LogP contribution in [0.4, 0.5) is 0 Å². The van der Waals surface area contributed by atoms with Gasteiger partial charge >= 0.3 is 0 Å². The highest BCUT2D eigenvalue weighted by Crippen LogP contribution is 2.40. The third-order valence-electron chi connectivity index (χ3n) is 3.55. The van der Waals surface area contributed by atoms with Crippen LogP contribution in [0, 0.1) is 0 Å². The Morgan fingerprint density at radius 2 is 1.95 bits per heavy atom. The molecule has 0 N–H and O–H groups in total. The smallest absolute Gasteiger partial charge is 0.194 e. The van der Waals surface area contributed by atoms with Crippen LogP contribution in [0.15, 0.2) is 39.3 Å². The summed E-state index contributed by atoms with van der Waals surface area (Å²) in [5.41, 5.74) is 3.84. The lowest BCUT2D eigenvalue weighted by molar-refractivity contribution is 0.104. The summed E-state index contributed by atoms with van der Waals surface area (Å²) in [6.07, 6.45) is 0. The number of carbonyl (C=O) groups excluding carboxylic acids is 1. The van der Waals surface area contributed by atoms with E-state index in [0.717, 1.165) is 20.9 Å². The van der Waals surface area contributed by atoms with Gasteiger partial charge in [0.15, 0.2) is 11.5 Å². The molecule has 1 heterocycles. The lowest BCUT2D eigenvalue weighted by Gasteiger charge is -2.15. The first-order valence-corrected chi connectivity index (χ1v) is 6.70. The van der Waals surface area contributed by atoms with Crippen LogP contribution in [0.3, 0.4) is 0 Å². The summed E-state index contributed by atoms with van der Waals surface area (Å²) in [7, 11) is 1.93. The molecule has 90 valence electrons. The predicted molar refractivity (Wildman–Crippen MR) is 78.8 cm³/mol. The van der Waals surface area contributed by atoms with Crippen LogP contribution in [0.1, 0.15) is 15.9 Å². The minimum atomic E-state index is 0.0429. The molecule has 3 aromatic rings. The van der Waals surface area contributed by atoms with E-state index in [1.807, 2.05) is 38.2 Å². The second-order valence-electron chi connectivity index (χ2n) is 4.66. The summed E-state index contributed by atoms with van der Waals surface area (Å²) in [4.78, 5) is 12.6. The van der Waals surface area contributed by atoms with Gasteiger partial charge in [-0.05, 0) is 15.9 Å². The number of benzene rings is 2. The average Bonchev–Trinajstić information content (AvgIpc) is 2.83. The van der Waals surface area contributed by atoms with E-state index in [0.29, 0.717) is 22.4 Å². The van der Waals surface area contributed by atoms with Gasteiger partial charge in [0, 0.05) is 21.2 Å².